The van der Waals surface area contributed by atoms with Gasteiger partial charge in [-0.05, 0) is 84.0 Å². The molecule has 2 N–H and O–H groups in total. The molecule has 0 radical (unpaired) electrons. The van der Waals surface area contributed by atoms with Gasteiger partial charge in [0.25, 0.3) is 6.54 Å². The number of alkyl halides is 3. The number of aldehydes is 1. The summed E-state index contributed by atoms with van der Waals surface area (Å²) < 4.78 is 71.1. The predicted octanol–water partition coefficient (Wildman–Crippen LogP) is 11.8. The number of H-pyrrole nitrogens is 2. The molecule has 0 bridgehead atoms. The molecular formula is C64H73F3N13O7+. The number of ether oxygens (including phenoxy) is 5. The lowest BCUT2D eigenvalue weighted by atomic mass is 10.1. The number of hydrogen-bond donors (Lipinski definition) is 2. The molecule has 1 aliphatic rings. The molecule has 23 heteroatoms. The second-order valence-electron chi connectivity index (χ2n) is 20.2. The van der Waals surface area contributed by atoms with Gasteiger partial charge in [-0.3, -0.25) is 38.8 Å². The highest BCUT2D eigenvalue weighted by Crippen LogP contribution is 2.30. The Morgan fingerprint density at radius 1 is 0.655 bits per heavy atom. The zero-order valence-corrected chi connectivity index (χ0v) is 48.6. The number of nitrogens with zero attached hydrogens (tertiary/aromatic N) is 11. The fraction of sp³-hybridized carbons (Fsp3) is 0.312. The molecule has 0 aliphatic carbocycles. The maximum absolute atomic E-state index is 12.6. The molecule has 0 saturated carbocycles. The van der Waals surface area contributed by atoms with Crippen molar-refractivity contribution >= 4 is 18.4 Å². The highest BCUT2D eigenvalue weighted by molar-refractivity contribution is 5.79. The fourth-order valence-corrected chi connectivity index (χ4v) is 9.25. The Bertz CT molecular complexity index is 3740. The third kappa shape index (κ3) is 17.9. The summed E-state index contributed by atoms with van der Waals surface area (Å²) in [6.45, 7) is 19.0. The van der Waals surface area contributed by atoms with Crippen molar-refractivity contribution in [3.63, 3.8) is 0 Å². The molecule has 456 valence electrons. The van der Waals surface area contributed by atoms with Crippen molar-refractivity contribution in [1.82, 2.24) is 59.5 Å². The molecule has 87 heavy (non-hydrogen) atoms. The number of likely N-dealkylation sites (tertiary alicyclic amines) is 1. The van der Waals surface area contributed by atoms with Crippen molar-refractivity contribution in [3.8, 4) is 63.2 Å². The van der Waals surface area contributed by atoms with Gasteiger partial charge in [-0.2, -0.15) is 28.5 Å². The molecule has 0 amide bonds. The smallest absolute Gasteiger partial charge is 0.451 e. The number of pyridine rings is 6. The second kappa shape index (κ2) is 31.4. The minimum atomic E-state index is -4.31. The van der Waals surface area contributed by atoms with Crippen LogP contribution < -0.4 is 33.9 Å². The van der Waals surface area contributed by atoms with Crippen LogP contribution in [0.3, 0.4) is 0 Å². The molecule has 0 spiro atoms. The van der Waals surface area contributed by atoms with Crippen molar-refractivity contribution in [3.05, 3.63) is 185 Å². The van der Waals surface area contributed by atoms with E-state index in [1.54, 1.807) is 85.9 Å². The normalized spacial score (nSPS) is 12.2. The molecule has 1 saturated heterocycles. The van der Waals surface area contributed by atoms with Gasteiger partial charge in [0.05, 0.1) is 53.5 Å². The molecule has 0 unspecified atom stereocenters. The largest absolute Gasteiger partial charge is 0.487 e. The van der Waals surface area contributed by atoms with Crippen LogP contribution in [0, 0.1) is 0 Å². The highest BCUT2D eigenvalue weighted by Gasteiger charge is 2.34. The van der Waals surface area contributed by atoms with E-state index in [-0.39, 0.29) is 38.3 Å². The van der Waals surface area contributed by atoms with Gasteiger partial charge in [-0.1, -0.05) is 57.4 Å². The van der Waals surface area contributed by atoms with Crippen molar-refractivity contribution in [2.75, 3.05) is 33.4 Å². The number of carbonyl (C=O) groups is 1. The molecule has 9 aromatic rings. The Labute approximate surface area is 503 Å². The van der Waals surface area contributed by atoms with Gasteiger partial charge in [0.2, 0.25) is 17.3 Å². The quantitative estimate of drug-likeness (QED) is 0.0449. The third-order valence-corrected chi connectivity index (χ3v) is 13.5. The van der Waals surface area contributed by atoms with Gasteiger partial charge in [-0.25, -0.2) is 9.97 Å². The predicted molar refractivity (Wildman–Crippen MR) is 325 cm³/mol. The summed E-state index contributed by atoms with van der Waals surface area (Å²) in [5.41, 5.74) is 8.60. The first-order valence-electron chi connectivity index (χ1n) is 27.9. The van der Waals surface area contributed by atoms with Crippen molar-refractivity contribution < 1.29 is 46.3 Å². The van der Waals surface area contributed by atoms with Crippen LogP contribution in [0.15, 0.2) is 147 Å². The van der Waals surface area contributed by atoms with Crippen molar-refractivity contribution in [2.45, 2.75) is 99.0 Å². The number of aromatic amines is 2. The van der Waals surface area contributed by atoms with Crippen LogP contribution in [0.2, 0.25) is 0 Å². The van der Waals surface area contributed by atoms with Gasteiger partial charge >= 0.3 is 6.18 Å². The Kier molecular flexibility index (Phi) is 23.4. The Morgan fingerprint density at radius 2 is 1.17 bits per heavy atom. The second-order valence-corrected chi connectivity index (χ2v) is 20.2. The number of methoxy groups -OCH3 is 1. The first-order chi connectivity index (χ1) is 41.6. The van der Waals surface area contributed by atoms with E-state index in [4.69, 9.17) is 23.7 Å². The SMILES string of the molecule is C.C=Cc1cc(=O)[nH]cc1OCc1cccnc1-c1ccnn1C(C)C.C=Cc1cc(OC)ncc1OCc1cccnc1-c1cc[n+](CC(F)(F)F)[nH]1.CC(C)n1nccc1-c1ncccc1COc1cnc(OCCN2CCCCC2)cc1C=O. The average Bonchev–Trinajstić information content (AvgIpc) is 4.06. The number of carbonyl (C=O) groups excluding carboxylic acids is 1. The van der Waals surface area contributed by atoms with Crippen LogP contribution >= 0.6 is 0 Å². The van der Waals surface area contributed by atoms with E-state index in [9.17, 15) is 22.8 Å². The zero-order valence-electron chi connectivity index (χ0n) is 48.6. The maximum atomic E-state index is 12.6. The Morgan fingerprint density at radius 3 is 1.71 bits per heavy atom. The summed E-state index contributed by atoms with van der Waals surface area (Å²) in [5, 5.41) is 11.5. The van der Waals surface area contributed by atoms with Crippen LogP contribution in [-0.4, -0.2) is 105 Å². The first kappa shape index (κ1) is 64.8. The van der Waals surface area contributed by atoms with Crippen LogP contribution in [0.4, 0.5) is 13.2 Å². The van der Waals surface area contributed by atoms with Gasteiger partial charge in [0.1, 0.15) is 49.4 Å². The minimum Gasteiger partial charge on any atom is -0.487 e. The summed E-state index contributed by atoms with van der Waals surface area (Å²) in [6, 6.07) is 21.9. The van der Waals surface area contributed by atoms with E-state index in [1.807, 2.05) is 45.8 Å². The van der Waals surface area contributed by atoms with Crippen molar-refractivity contribution in [2.24, 2.45) is 0 Å². The molecule has 1 aliphatic heterocycles. The number of nitrogens with one attached hydrogen (secondary N) is 2. The molecular weight excluding hydrogens is 1120 g/mol. The topological polar surface area (TPSA) is 219 Å². The molecule has 1 fully saturated rings. The van der Waals surface area contributed by atoms with E-state index in [1.165, 1.54) is 44.8 Å². The lowest BCUT2D eigenvalue weighted by Gasteiger charge is -2.26. The van der Waals surface area contributed by atoms with E-state index < -0.39 is 12.7 Å². The van der Waals surface area contributed by atoms with E-state index in [0.29, 0.717) is 75.9 Å². The van der Waals surface area contributed by atoms with Crippen LogP contribution in [0.1, 0.15) is 105 Å². The lowest BCUT2D eigenvalue weighted by molar-refractivity contribution is -0.768. The zero-order chi connectivity index (χ0) is 61.0. The summed E-state index contributed by atoms with van der Waals surface area (Å²) in [7, 11) is 1.51. The summed E-state index contributed by atoms with van der Waals surface area (Å²) in [4.78, 5) is 49.9. The molecule has 10 heterocycles. The van der Waals surface area contributed by atoms with Crippen LogP contribution in [0.5, 0.6) is 29.0 Å². The highest BCUT2D eigenvalue weighted by atomic mass is 19.4. The number of piperidine rings is 1. The van der Waals surface area contributed by atoms with Crippen molar-refractivity contribution in [1.29, 1.82) is 0 Å². The van der Waals surface area contributed by atoms with Gasteiger partial charge in [-0.15, -0.1) is 4.68 Å². The molecule has 0 atom stereocenters. The maximum Gasteiger partial charge on any atom is 0.451 e. The molecule has 20 nitrogen and oxygen atoms in total. The number of rotatable bonds is 23. The van der Waals surface area contributed by atoms with Crippen LogP contribution in [-0.2, 0) is 26.4 Å². The van der Waals surface area contributed by atoms with Crippen LogP contribution in [0.25, 0.3) is 46.3 Å². The number of hydrogen-bond acceptors (Lipinski definition) is 15. The Hall–Kier alpha value is -9.77. The minimum absolute atomic E-state index is 0. The summed E-state index contributed by atoms with van der Waals surface area (Å²) in [5.74, 6) is 2.36. The van der Waals surface area contributed by atoms with E-state index in [2.05, 4.69) is 91.0 Å². The van der Waals surface area contributed by atoms with E-state index >= 15 is 0 Å². The Balaban J connectivity index is 0.000000187. The molecule has 9 aromatic heterocycles. The summed E-state index contributed by atoms with van der Waals surface area (Å²) in [6.07, 6.45) is 18.1. The molecule has 0 aromatic carbocycles. The average molecular weight is 1190 g/mol. The number of aromatic nitrogens is 12. The molecule has 10 rings (SSSR count). The third-order valence-electron chi connectivity index (χ3n) is 13.5. The van der Waals surface area contributed by atoms with Gasteiger partial charge < -0.3 is 28.7 Å². The summed E-state index contributed by atoms with van der Waals surface area (Å²) >= 11 is 0. The standard InChI is InChI=1S/C25H31N5O3.C19H17F3N4O2.C19H20N4O2.CH4/c1-19(2)30-22(8-10-28-30)25-20(7-6-9-26-25)18-33-23-16-27-24(15-21(23)17-31)32-14-13-29-11-4-3-5-12-29;1-3-13-9-17(27-2)24-10-16(13)28-11-14-5-4-7-23-18(14)15-6-8-26(25-15)12-19(20,21)22;1-4-14-10-18(24)21-11-17(14)25-12-15-6-5-8-20-19(15)16-7-9-22-23(16)13(2)3;/h6-10,15-17,19H,3-5,11-14,18H2,1-2H3;3-10H,1,11-12H2,2H3;4-11,13H,1,12H2,2-3H3,(H,21,24);1H4/p+1. The van der Waals surface area contributed by atoms with Gasteiger partial charge in [0, 0.05) is 108 Å². The fourth-order valence-electron chi connectivity index (χ4n) is 9.25. The van der Waals surface area contributed by atoms with E-state index in [0.717, 1.165) is 64.5 Å². The lowest BCUT2D eigenvalue weighted by Crippen LogP contribution is -2.42. The monoisotopic (exact) mass is 1190 g/mol. The number of halogens is 3. The van der Waals surface area contributed by atoms with Gasteiger partial charge in [0.15, 0.2) is 12.5 Å². The first-order valence-corrected chi connectivity index (χ1v) is 27.9.